The first-order chi connectivity index (χ1) is 11.6. The van der Waals surface area contributed by atoms with Gasteiger partial charge in [0.1, 0.15) is 0 Å². The summed E-state index contributed by atoms with van der Waals surface area (Å²) in [4.78, 5) is 0. The third kappa shape index (κ3) is 3.76. The average Bonchev–Trinajstić information content (AvgIpc) is 3.06. The predicted molar refractivity (Wildman–Crippen MR) is 103 cm³/mol. The van der Waals surface area contributed by atoms with E-state index in [0.717, 1.165) is 29.2 Å². The number of hydrogen-bond acceptors (Lipinski definition) is 2. The van der Waals surface area contributed by atoms with Gasteiger partial charge in [0.2, 0.25) is 0 Å². The topological polar surface area (TPSA) is 24.1 Å². The Hall–Kier alpha value is -1.93. The summed E-state index contributed by atoms with van der Waals surface area (Å²) in [6.07, 6.45) is 4.69. The minimum atomic E-state index is -0.0674. The second kappa shape index (κ2) is 7.31. The van der Waals surface area contributed by atoms with Crippen LogP contribution in [0.5, 0.6) is 0 Å². The highest BCUT2D eigenvalue weighted by atomic mass is 35.5. The van der Waals surface area contributed by atoms with Gasteiger partial charge in [-0.1, -0.05) is 61.4 Å². The molecule has 3 heteroatoms. The van der Waals surface area contributed by atoms with Crippen molar-refractivity contribution in [1.29, 1.82) is 0 Å². The molecule has 1 unspecified atom stereocenters. The van der Waals surface area contributed by atoms with E-state index in [1.165, 1.54) is 18.4 Å². The fraction of sp³-hybridized carbons (Fsp3) is 0.333. The summed E-state index contributed by atoms with van der Waals surface area (Å²) in [7, 11) is 0. The molecule has 2 aromatic rings. The van der Waals surface area contributed by atoms with Gasteiger partial charge in [-0.25, -0.2) is 0 Å². The molecule has 24 heavy (non-hydrogen) atoms. The molecule has 2 nitrogen and oxygen atoms in total. The van der Waals surface area contributed by atoms with Gasteiger partial charge in [-0.3, -0.25) is 0 Å². The molecule has 0 aliphatic heterocycles. The molecule has 0 radical (unpaired) electrons. The van der Waals surface area contributed by atoms with Crippen molar-refractivity contribution < 1.29 is 0 Å². The van der Waals surface area contributed by atoms with Crippen molar-refractivity contribution in [2.24, 2.45) is 0 Å². The van der Waals surface area contributed by atoms with Crippen LogP contribution in [0.15, 0.2) is 66.9 Å². The van der Waals surface area contributed by atoms with Crippen LogP contribution in [-0.2, 0) is 0 Å². The Balaban J connectivity index is 1.73. The van der Waals surface area contributed by atoms with E-state index in [9.17, 15) is 0 Å². The molecule has 3 rings (SSSR count). The normalized spacial score (nSPS) is 17.2. The Kier molecular flexibility index (Phi) is 5.15. The highest BCUT2D eigenvalue weighted by molar-refractivity contribution is 6.30. The Bertz CT molecular complexity index is 673. The van der Waals surface area contributed by atoms with Crippen molar-refractivity contribution in [2.75, 3.05) is 5.32 Å². The fourth-order valence-electron chi connectivity index (χ4n) is 3.51. The summed E-state index contributed by atoms with van der Waals surface area (Å²) in [5.41, 5.74) is 3.38. The van der Waals surface area contributed by atoms with E-state index >= 15 is 0 Å². The second-order valence-electron chi connectivity index (χ2n) is 6.68. The molecule has 2 aromatic carbocycles. The van der Waals surface area contributed by atoms with Crippen LogP contribution in [0, 0.1) is 0 Å². The van der Waals surface area contributed by atoms with Gasteiger partial charge in [-0.05, 0) is 49.6 Å². The Morgan fingerprint density at radius 3 is 2.29 bits per heavy atom. The van der Waals surface area contributed by atoms with E-state index in [2.05, 4.69) is 60.5 Å². The molecule has 0 amide bonds. The summed E-state index contributed by atoms with van der Waals surface area (Å²) in [6.45, 7) is 6.55. The maximum absolute atomic E-state index is 5.99. The quantitative estimate of drug-likeness (QED) is 0.681. The maximum Gasteiger partial charge on any atom is 0.0764 e. The van der Waals surface area contributed by atoms with Gasteiger partial charge in [-0.15, -0.1) is 0 Å². The lowest BCUT2D eigenvalue weighted by Gasteiger charge is -2.36. The summed E-state index contributed by atoms with van der Waals surface area (Å²) < 4.78 is 0. The zero-order valence-electron chi connectivity index (χ0n) is 14.2. The molecule has 1 fully saturated rings. The third-order valence-electron chi connectivity index (χ3n) is 4.95. The van der Waals surface area contributed by atoms with Crippen LogP contribution in [0.4, 0.5) is 5.69 Å². The molecule has 1 aliphatic rings. The number of para-hydroxylation sites is 1. The van der Waals surface area contributed by atoms with E-state index in [-0.39, 0.29) is 11.6 Å². The van der Waals surface area contributed by atoms with Crippen molar-refractivity contribution in [2.45, 2.75) is 44.2 Å². The van der Waals surface area contributed by atoms with Crippen molar-refractivity contribution >= 4 is 17.3 Å². The first kappa shape index (κ1) is 16.9. The molecule has 1 atom stereocenters. The van der Waals surface area contributed by atoms with Crippen molar-refractivity contribution in [1.82, 2.24) is 5.32 Å². The fourth-order valence-corrected chi connectivity index (χ4v) is 3.64. The Labute approximate surface area is 149 Å². The van der Waals surface area contributed by atoms with Crippen LogP contribution < -0.4 is 10.6 Å². The molecule has 0 saturated heterocycles. The molecule has 0 aromatic heterocycles. The van der Waals surface area contributed by atoms with E-state index in [1.54, 1.807) is 0 Å². The molecule has 0 bridgehead atoms. The summed E-state index contributed by atoms with van der Waals surface area (Å²) >= 11 is 5.99. The SMILES string of the molecule is C=C(NC(C)c1ccc(Cl)cc1)C1(Nc2ccccc2)CCCC1. The summed E-state index contributed by atoms with van der Waals surface area (Å²) in [6, 6.07) is 18.6. The Morgan fingerprint density at radius 1 is 1.04 bits per heavy atom. The number of hydrogen-bond donors (Lipinski definition) is 2. The average molecular weight is 341 g/mol. The first-order valence-corrected chi connectivity index (χ1v) is 9.01. The van der Waals surface area contributed by atoms with Gasteiger partial charge in [0.05, 0.1) is 5.54 Å². The Morgan fingerprint density at radius 2 is 1.67 bits per heavy atom. The highest BCUT2D eigenvalue weighted by Gasteiger charge is 2.37. The number of rotatable bonds is 6. The molecule has 0 spiro atoms. The van der Waals surface area contributed by atoms with Gasteiger partial charge in [0.15, 0.2) is 0 Å². The lowest BCUT2D eigenvalue weighted by molar-refractivity contribution is 0.490. The molecule has 1 saturated carbocycles. The minimum absolute atomic E-state index is 0.0674. The van der Waals surface area contributed by atoms with Crippen LogP contribution in [-0.4, -0.2) is 5.54 Å². The maximum atomic E-state index is 5.99. The van der Waals surface area contributed by atoms with Gasteiger partial charge in [0.25, 0.3) is 0 Å². The third-order valence-corrected chi connectivity index (χ3v) is 5.20. The standard InChI is InChI=1S/C21H25ClN2/c1-16(18-10-12-19(22)13-11-18)23-17(2)21(14-6-7-15-21)24-20-8-4-3-5-9-20/h3-5,8-13,16,23-24H,2,6-7,14-15H2,1H3. The van der Waals surface area contributed by atoms with E-state index in [4.69, 9.17) is 11.6 Å². The van der Waals surface area contributed by atoms with Crippen molar-refractivity contribution in [3.05, 3.63) is 77.5 Å². The number of nitrogens with one attached hydrogen (secondary N) is 2. The zero-order valence-corrected chi connectivity index (χ0v) is 14.9. The largest absolute Gasteiger partial charge is 0.380 e. The van der Waals surface area contributed by atoms with Crippen LogP contribution in [0.3, 0.4) is 0 Å². The van der Waals surface area contributed by atoms with Gasteiger partial charge < -0.3 is 10.6 Å². The molecule has 2 N–H and O–H groups in total. The van der Waals surface area contributed by atoms with E-state index in [0.29, 0.717) is 0 Å². The van der Waals surface area contributed by atoms with Crippen LogP contribution in [0.1, 0.15) is 44.2 Å². The molecule has 126 valence electrons. The predicted octanol–water partition coefficient (Wildman–Crippen LogP) is 5.93. The van der Waals surface area contributed by atoms with Gasteiger partial charge in [-0.2, -0.15) is 0 Å². The molecular formula is C21H25ClN2. The smallest absolute Gasteiger partial charge is 0.0764 e. The highest BCUT2D eigenvalue weighted by Crippen LogP contribution is 2.38. The van der Waals surface area contributed by atoms with Crippen LogP contribution in [0.25, 0.3) is 0 Å². The zero-order chi connectivity index (χ0) is 17.0. The lowest BCUT2D eigenvalue weighted by atomic mass is 9.92. The second-order valence-corrected chi connectivity index (χ2v) is 7.11. The van der Waals surface area contributed by atoms with Crippen molar-refractivity contribution in [3.63, 3.8) is 0 Å². The van der Waals surface area contributed by atoms with E-state index < -0.39 is 0 Å². The number of benzene rings is 2. The number of anilines is 1. The van der Waals surface area contributed by atoms with Crippen LogP contribution >= 0.6 is 11.6 Å². The van der Waals surface area contributed by atoms with E-state index in [1.807, 2.05) is 18.2 Å². The molecule has 1 aliphatic carbocycles. The summed E-state index contributed by atoms with van der Waals surface area (Å²) in [5.74, 6) is 0. The van der Waals surface area contributed by atoms with Gasteiger partial charge in [0, 0.05) is 22.4 Å². The molecular weight excluding hydrogens is 316 g/mol. The number of halogens is 1. The van der Waals surface area contributed by atoms with Crippen LogP contribution in [0.2, 0.25) is 5.02 Å². The van der Waals surface area contributed by atoms with Gasteiger partial charge >= 0.3 is 0 Å². The molecule has 0 heterocycles. The van der Waals surface area contributed by atoms with Crippen molar-refractivity contribution in [3.8, 4) is 0 Å². The minimum Gasteiger partial charge on any atom is -0.380 e. The lowest BCUT2D eigenvalue weighted by Crippen LogP contribution is -2.43. The summed E-state index contributed by atoms with van der Waals surface area (Å²) in [5, 5.41) is 8.12. The first-order valence-electron chi connectivity index (χ1n) is 8.64. The monoisotopic (exact) mass is 340 g/mol.